The molecule has 0 unspecified atom stereocenters. The van der Waals surface area contributed by atoms with E-state index in [1.54, 1.807) is 0 Å². The minimum Gasteiger partial charge on any atom is -0.402 e. The molecule has 0 aliphatic heterocycles. The molecule has 0 saturated heterocycles. The highest BCUT2D eigenvalue weighted by Crippen LogP contribution is 1.89. The molecule has 0 radical (unpaired) electrons. The van der Waals surface area contributed by atoms with Gasteiger partial charge < -0.3 is 5.73 Å². The molecule has 0 aliphatic carbocycles. The van der Waals surface area contributed by atoms with Gasteiger partial charge in [0.05, 0.1) is 0 Å². The van der Waals surface area contributed by atoms with E-state index in [2.05, 4.69) is 6.58 Å². The molecule has 0 bridgehead atoms. The Kier molecular flexibility index (Phi) is 3.52. The second kappa shape index (κ2) is 3.96. The van der Waals surface area contributed by atoms with Crippen molar-refractivity contribution >= 4 is 0 Å². The zero-order valence-corrected chi connectivity index (χ0v) is 6.02. The SMILES string of the molecule is C=C(C)/C=C\C=C(/C)N. The summed E-state index contributed by atoms with van der Waals surface area (Å²) >= 11 is 0. The van der Waals surface area contributed by atoms with Crippen LogP contribution in [0.2, 0.25) is 0 Å². The van der Waals surface area contributed by atoms with Crippen LogP contribution in [0.3, 0.4) is 0 Å². The Morgan fingerprint density at radius 3 is 2.33 bits per heavy atom. The molecular weight excluding hydrogens is 110 g/mol. The van der Waals surface area contributed by atoms with Crippen molar-refractivity contribution in [2.75, 3.05) is 0 Å². The van der Waals surface area contributed by atoms with Gasteiger partial charge in [0.15, 0.2) is 0 Å². The largest absolute Gasteiger partial charge is 0.402 e. The summed E-state index contributed by atoms with van der Waals surface area (Å²) in [6.45, 7) is 7.49. The van der Waals surface area contributed by atoms with Gasteiger partial charge in [-0.05, 0) is 19.9 Å². The zero-order chi connectivity index (χ0) is 7.28. The van der Waals surface area contributed by atoms with E-state index in [0.29, 0.717) is 0 Å². The van der Waals surface area contributed by atoms with Crippen LogP contribution in [0, 0.1) is 0 Å². The number of hydrogen-bond acceptors (Lipinski definition) is 1. The highest BCUT2D eigenvalue weighted by atomic mass is 14.5. The molecule has 0 amide bonds. The molecule has 1 nitrogen and oxygen atoms in total. The van der Waals surface area contributed by atoms with Crippen LogP contribution in [0.5, 0.6) is 0 Å². The van der Waals surface area contributed by atoms with Gasteiger partial charge in [0.1, 0.15) is 0 Å². The Morgan fingerprint density at radius 1 is 1.44 bits per heavy atom. The summed E-state index contributed by atoms with van der Waals surface area (Å²) < 4.78 is 0. The molecule has 0 aromatic heterocycles. The number of hydrogen-bond donors (Lipinski definition) is 1. The lowest BCUT2D eigenvalue weighted by atomic mass is 10.3. The lowest BCUT2D eigenvalue weighted by molar-refractivity contribution is 1.32. The van der Waals surface area contributed by atoms with Gasteiger partial charge in [-0.1, -0.05) is 24.3 Å². The fourth-order valence-electron chi connectivity index (χ4n) is 0.364. The molecular formula is C8H13N. The van der Waals surface area contributed by atoms with E-state index >= 15 is 0 Å². The molecule has 0 spiro atoms. The van der Waals surface area contributed by atoms with Crippen LogP contribution < -0.4 is 5.73 Å². The van der Waals surface area contributed by atoms with Crippen molar-refractivity contribution < 1.29 is 0 Å². The van der Waals surface area contributed by atoms with E-state index in [9.17, 15) is 0 Å². The van der Waals surface area contributed by atoms with Gasteiger partial charge in [-0.2, -0.15) is 0 Å². The maximum Gasteiger partial charge on any atom is 0.00488 e. The van der Waals surface area contributed by atoms with Gasteiger partial charge in [-0.15, -0.1) is 0 Å². The van der Waals surface area contributed by atoms with E-state index in [1.165, 1.54) is 0 Å². The molecule has 50 valence electrons. The summed E-state index contributed by atoms with van der Waals surface area (Å²) in [6, 6.07) is 0. The van der Waals surface area contributed by atoms with Crippen LogP contribution in [0.25, 0.3) is 0 Å². The quantitative estimate of drug-likeness (QED) is 0.558. The second-order valence-electron chi connectivity index (χ2n) is 2.12. The molecule has 0 heterocycles. The molecule has 1 heteroatoms. The highest BCUT2D eigenvalue weighted by Gasteiger charge is 1.71. The first kappa shape index (κ1) is 8.02. The fraction of sp³-hybridized carbons (Fsp3) is 0.250. The summed E-state index contributed by atoms with van der Waals surface area (Å²) in [6.07, 6.45) is 5.64. The van der Waals surface area contributed by atoms with Crippen molar-refractivity contribution in [2.24, 2.45) is 5.73 Å². The molecule has 2 N–H and O–H groups in total. The van der Waals surface area contributed by atoms with Crippen LogP contribution in [-0.2, 0) is 0 Å². The molecule has 0 rings (SSSR count). The van der Waals surface area contributed by atoms with Crippen LogP contribution in [0.4, 0.5) is 0 Å². The van der Waals surface area contributed by atoms with Crippen LogP contribution in [0.1, 0.15) is 13.8 Å². The third-order valence-corrected chi connectivity index (χ3v) is 0.740. The lowest BCUT2D eigenvalue weighted by Crippen LogP contribution is -1.87. The Hall–Kier alpha value is -0.980. The first-order chi connectivity index (χ1) is 4.13. The number of allylic oxidation sites excluding steroid dienone is 5. The van der Waals surface area contributed by atoms with E-state index in [1.807, 2.05) is 32.1 Å². The topological polar surface area (TPSA) is 26.0 Å². The molecule has 0 aromatic carbocycles. The Balaban J connectivity index is 3.74. The standard InChI is InChI=1S/C8H13N/c1-7(2)5-4-6-8(3)9/h4-6H,1,9H2,2-3H3/b5-4-,8-6+. The van der Waals surface area contributed by atoms with E-state index in [4.69, 9.17) is 5.73 Å². The summed E-state index contributed by atoms with van der Waals surface area (Å²) in [5.41, 5.74) is 7.21. The summed E-state index contributed by atoms with van der Waals surface area (Å²) in [5.74, 6) is 0. The normalized spacial score (nSPS) is 12.4. The molecule has 0 aliphatic rings. The minimum atomic E-state index is 0.813. The van der Waals surface area contributed by atoms with Crippen molar-refractivity contribution in [1.29, 1.82) is 0 Å². The molecule has 0 aromatic rings. The first-order valence-corrected chi connectivity index (χ1v) is 2.89. The van der Waals surface area contributed by atoms with Crippen molar-refractivity contribution in [3.05, 3.63) is 36.1 Å². The fourth-order valence-corrected chi connectivity index (χ4v) is 0.364. The van der Waals surface area contributed by atoms with Gasteiger partial charge in [0, 0.05) is 5.70 Å². The predicted octanol–water partition coefficient (Wildman–Crippen LogP) is 1.98. The Labute approximate surface area is 56.6 Å². The monoisotopic (exact) mass is 123 g/mol. The van der Waals surface area contributed by atoms with Gasteiger partial charge in [0.2, 0.25) is 0 Å². The van der Waals surface area contributed by atoms with E-state index < -0.39 is 0 Å². The molecule has 9 heavy (non-hydrogen) atoms. The molecule has 0 fully saturated rings. The van der Waals surface area contributed by atoms with Crippen molar-refractivity contribution in [3.63, 3.8) is 0 Å². The van der Waals surface area contributed by atoms with Crippen molar-refractivity contribution in [1.82, 2.24) is 0 Å². The van der Waals surface area contributed by atoms with Gasteiger partial charge in [-0.25, -0.2) is 0 Å². The molecule has 0 saturated carbocycles. The maximum absolute atomic E-state index is 5.36. The van der Waals surface area contributed by atoms with Crippen molar-refractivity contribution in [3.8, 4) is 0 Å². The third-order valence-electron chi connectivity index (χ3n) is 0.740. The average Bonchev–Trinajstić information content (AvgIpc) is 1.63. The number of nitrogens with two attached hydrogens (primary N) is 1. The smallest absolute Gasteiger partial charge is 0.00488 e. The van der Waals surface area contributed by atoms with E-state index in [-0.39, 0.29) is 0 Å². The zero-order valence-electron chi connectivity index (χ0n) is 6.02. The van der Waals surface area contributed by atoms with Gasteiger partial charge >= 0.3 is 0 Å². The third kappa shape index (κ3) is 7.02. The summed E-state index contributed by atoms with van der Waals surface area (Å²) in [5, 5.41) is 0. The lowest BCUT2D eigenvalue weighted by Gasteiger charge is -1.83. The minimum absolute atomic E-state index is 0.813. The van der Waals surface area contributed by atoms with Crippen molar-refractivity contribution in [2.45, 2.75) is 13.8 Å². The van der Waals surface area contributed by atoms with Gasteiger partial charge in [0.25, 0.3) is 0 Å². The summed E-state index contributed by atoms with van der Waals surface area (Å²) in [4.78, 5) is 0. The first-order valence-electron chi connectivity index (χ1n) is 2.89. The predicted molar refractivity (Wildman–Crippen MR) is 41.9 cm³/mol. The highest BCUT2D eigenvalue weighted by molar-refractivity contribution is 5.18. The van der Waals surface area contributed by atoms with Crippen LogP contribution in [0.15, 0.2) is 36.1 Å². The van der Waals surface area contributed by atoms with Crippen LogP contribution in [-0.4, -0.2) is 0 Å². The Morgan fingerprint density at radius 2 is 2.00 bits per heavy atom. The Bertz CT molecular complexity index is 148. The summed E-state index contributed by atoms with van der Waals surface area (Å²) in [7, 11) is 0. The maximum atomic E-state index is 5.36. The van der Waals surface area contributed by atoms with E-state index in [0.717, 1.165) is 11.3 Å². The number of rotatable bonds is 2. The second-order valence-corrected chi connectivity index (χ2v) is 2.12. The van der Waals surface area contributed by atoms with Gasteiger partial charge in [-0.3, -0.25) is 0 Å². The van der Waals surface area contributed by atoms with Crippen LogP contribution >= 0.6 is 0 Å². The molecule has 0 atom stereocenters. The average molecular weight is 123 g/mol.